The molecule has 122 valence electrons. The van der Waals surface area contributed by atoms with Crippen LogP contribution in [0.3, 0.4) is 0 Å². The SMILES string of the molecule is O=c1n(Cn2nnc3ccccc32)nc(C(F)(F)F)c2cccn12. The van der Waals surface area contributed by atoms with Crippen LogP contribution in [0, 0.1) is 0 Å². The lowest BCUT2D eigenvalue weighted by molar-refractivity contribution is -0.141. The third-order valence-electron chi connectivity index (χ3n) is 3.60. The maximum Gasteiger partial charge on any atom is 0.437 e. The molecule has 4 rings (SSSR count). The maximum atomic E-state index is 13.2. The second kappa shape index (κ2) is 4.91. The number of benzene rings is 1. The number of hydrogen-bond donors (Lipinski definition) is 0. The first kappa shape index (κ1) is 14.4. The molecule has 0 unspecified atom stereocenters. The van der Waals surface area contributed by atoms with Gasteiger partial charge in [0.05, 0.1) is 11.0 Å². The van der Waals surface area contributed by atoms with Gasteiger partial charge in [-0.15, -0.1) is 5.10 Å². The summed E-state index contributed by atoms with van der Waals surface area (Å²) in [6.45, 7) is -0.281. The molecule has 0 aliphatic rings. The fourth-order valence-corrected chi connectivity index (χ4v) is 2.52. The predicted octanol–water partition coefficient (Wildman–Crippen LogP) is 1.77. The van der Waals surface area contributed by atoms with Gasteiger partial charge in [0.15, 0.2) is 5.69 Å². The molecule has 0 amide bonds. The number of alkyl halides is 3. The normalized spacial score (nSPS) is 12.3. The van der Waals surface area contributed by atoms with Crippen molar-refractivity contribution in [2.75, 3.05) is 0 Å². The van der Waals surface area contributed by atoms with E-state index in [1.807, 2.05) is 0 Å². The highest BCUT2D eigenvalue weighted by Crippen LogP contribution is 2.30. The summed E-state index contributed by atoms with van der Waals surface area (Å²) in [5.74, 6) is 0. The summed E-state index contributed by atoms with van der Waals surface area (Å²) < 4.78 is 42.6. The van der Waals surface area contributed by atoms with Crippen molar-refractivity contribution in [3.05, 3.63) is 58.8 Å². The van der Waals surface area contributed by atoms with Crippen LogP contribution in [0.2, 0.25) is 0 Å². The van der Waals surface area contributed by atoms with E-state index in [4.69, 9.17) is 0 Å². The van der Waals surface area contributed by atoms with Gasteiger partial charge in [-0.2, -0.15) is 23.0 Å². The van der Waals surface area contributed by atoms with Crippen LogP contribution in [0.15, 0.2) is 47.4 Å². The number of fused-ring (bicyclic) bond motifs is 2. The highest BCUT2D eigenvalue weighted by atomic mass is 19.4. The fraction of sp³-hybridized carbons (Fsp3) is 0.143. The van der Waals surface area contributed by atoms with E-state index in [1.54, 1.807) is 24.3 Å². The Morgan fingerprint density at radius 1 is 1.00 bits per heavy atom. The predicted molar refractivity (Wildman–Crippen MR) is 77.4 cm³/mol. The minimum atomic E-state index is -4.68. The molecule has 7 nitrogen and oxygen atoms in total. The van der Waals surface area contributed by atoms with Crippen molar-refractivity contribution in [2.45, 2.75) is 12.8 Å². The van der Waals surface area contributed by atoms with Crippen LogP contribution in [0.4, 0.5) is 13.2 Å². The van der Waals surface area contributed by atoms with Crippen LogP contribution in [-0.4, -0.2) is 29.2 Å². The lowest BCUT2D eigenvalue weighted by Gasteiger charge is -2.12. The van der Waals surface area contributed by atoms with E-state index in [0.29, 0.717) is 11.0 Å². The van der Waals surface area contributed by atoms with E-state index in [0.717, 1.165) is 9.08 Å². The standard InChI is InChI=1S/C14H9F3N6O/c15-14(16,17)12-11-6-3-7-21(11)13(24)23(19-12)8-22-10-5-2-1-4-9(10)18-20-22/h1-7H,8H2. The summed E-state index contributed by atoms with van der Waals surface area (Å²) in [4.78, 5) is 12.4. The molecule has 3 heterocycles. The minimum Gasteiger partial charge on any atom is -0.266 e. The molecule has 0 aliphatic heterocycles. The fourth-order valence-electron chi connectivity index (χ4n) is 2.52. The molecule has 0 radical (unpaired) electrons. The largest absolute Gasteiger partial charge is 0.437 e. The average Bonchev–Trinajstić information content (AvgIpc) is 3.16. The van der Waals surface area contributed by atoms with Gasteiger partial charge < -0.3 is 0 Å². The van der Waals surface area contributed by atoms with Gasteiger partial charge in [-0.25, -0.2) is 9.48 Å². The summed E-state index contributed by atoms with van der Waals surface area (Å²) in [7, 11) is 0. The molecule has 0 fully saturated rings. The van der Waals surface area contributed by atoms with E-state index < -0.39 is 17.6 Å². The first-order valence-corrected chi connectivity index (χ1v) is 6.89. The molecule has 0 saturated carbocycles. The Labute approximate surface area is 131 Å². The molecular formula is C14H9F3N6O. The average molecular weight is 334 g/mol. The molecule has 24 heavy (non-hydrogen) atoms. The number of aromatic nitrogens is 6. The number of para-hydroxylation sites is 1. The highest BCUT2D eigenvalue weighted by molar-refractivity contribution is 5.73. The van der Waals surface area contributed by atoms with Crippen molar-refractivity contribution >= 4 is 16.6 Å². The van der Waals surface area contributed by atoms with E-state index in [-0.39, 0.29) is 12.2 Å². The zero-order valence-corrected chi connectivity index (χ0v) is 12.0. The minimum absolute atomic E-state index is 0.281. The smallest absolute Gasteiger partial charge is 0.266 e. The third kappa shape index (κ3) is 2.14. The van der Waals surface area contributed by atoms with Crippen molar-refractivity contribution in [3.63, 3.8) is 0 Å². The molecule has 0 N–H and O–H groups in total. The lowest BCUT2D eigenvalue weighted by atomic mass is 10.3. The van der Waals surface area contributed by atoms with E-state index >= 15 is 0 Å². The molecule has 10 heteroatoms. The Morgan fingerprint density at radius 3 is 2.54 bits per heavy atom. The Bertz CT molecular complexity index is 1110. The Balaban J connectivity index is 1.91. The summed E-state index contributed by atoms with van der Waals surface area (Å²) >= 11 is 0. The first-order valence-electron chi connectivity index (χ1n) is 6.89. The van der Waals surface area contributed by atoms with Gasteiger partial charge in [0.25, 0.3) is 0 Å². The van der Waals surface area contributed by atoms with Crippen LogP contribution in [0.1, 0.15) is 5.69 Å². The lowest BCUT2D eigenvalue weighted by Crippen LogP contribution is -2.34. The molecule has 4 aromatic rings. The number of rotatable bonds is 2. The van der Waals surface area contributed by atoms with E-state index in [1.165, 1.54) is 23.0 Å². The van der Waals surface area contributed by atoms with Crippen molar-refractivity contribution in [2.24, 2.45) is 0 Å². The first-order chi connectivity index (χ1) is 11.4. The Morgan fingerprint density at radius 2 is 1.75 bits per heavy atom. The summed E-state index contributed by atoms with van der Waals surface area (Å²) in [6.07, 6.45) is -3.41. The van der Waals surface area contributed by atoms with E-state index in [9.17, 15) is 18.0 Å². The summed E-state index contributed by atoms with van der Waals surface area (Å²) in [5.41, 5.74) is -0.942. The summed E-state index contributed by atoms with van der Waals surface area (Å²) in [5, 5.41) is 11.3. The second-order valence-corrected chi connectivity index (χ2v) is 5.11. The van der Waals surface area contributed by atoms with Gasteiger partial charge in [0.2, 0.25) is 0 Å². The van der Waals surface area contributed by atoms with Gasteiger partial charge >= 0.3 is 11.9 Å². The highest BCUT2D eigenvalue weighted by Gasteiger charge is 2.36. The van der Waals surface area contributed by atoms with Gasteiger partial charge in [-0.1, -0.05) is 17.3 Å². The molecule has 0 atom stereocenters. The van der Waals surface area contributed by atoms with Crippen molar-refractivity contribution in [3.8, 4) is 0 Å². The monoisotopic (exact) mass is 334 g/mol. The third-order valence-corrected chi connectivity index (χ3v) is 3.60. The van der Waals surface area contributed by atoms with Gasteiger partial charge in [-0.3, -0.25) is 4.40 Å². The van der Waals surface area contributed by atoms with Crippen molar-refractivity contribution < 1.29 is 13.2 Å². The molecular weight excluding hydrogens is 325 g/mol. The van der Waals surface area contributed by atoms with Crippen molar-refractivity contribution in [1.82, 2.24) is 29.2 Å². The Kier molecular flexibility index (Phi) is 2.95. The van der Waals surface area contributed by atoms with Crippen LogP contribution in [0.25, 0.3) is 16.6 Å². The molecule has 1 aromatic carbocycles. The van der Waals surface area contributed by atoms with Crippen LogP contribution < -0.4 is 5.69 Å². The number of nitrogens with zero attached hydrogens (tertiary/aromatic N) is 6. The second-order valence-electron chi connectivity index (χ2n) is 5.11. The van der Waals surface area contributed by atoms with Crippen LogP contribution in [0.5, 0.6) is 0 Å². The zero-order valence-electron chi connectivity index (χ0n) is 12.0. The maximum absolute atomic E-state index is 13.2. The number of hydrogen-bond acceptors (Lipinski definition) is 4. The van der Waals surface area contributed by atoms with Crippen LogP contribution in [-0.2, 0) is 12.8 Å². The Hall–Kier alpha value is -3.17. The quantitative estimate of drug-likeness (QED) is 0.560. The zero-order chi connectivity index (χ0) is 16.9. The van der Waals surface area contributed by atoms with Gasteiger partial charge in [0.1, 0.15) is 12.2 Å². The summed E-state index contributed by atoms with van der Waals surface area (Å²) in [6, 6.07) is 9.49. The topological polar surface area (TPSA) is 70.0 Å². The number of halogens is 3. The van der Waals surface area contributed by atoms with Gasteiger partial charge in [0, 0.05) is 6.20 Å². The molecule has 0 saturated heterocycles. The van der Waals surface area contributed by atoms with Crippen molar-refractivity contribution in [1.29, 1.82) is 0 Å². The van der Waals surface area contributed by atoms with Crippen LogP contribution >= 0.6 is 0 Å². The van der Waals surface area contributed by atoms with Gasteiger partial charge in [-0.05, 0) is 24.3 Å². The molecule has 3 aromatic heterocycles. The molecule has 0 spiro atoms. The molecule has 0 bridgehead atoms. The van der Waals surface area contributed by atoms with E-state index in [2.05, 4.69) is 15.4 Å². The molecule has 0 aliphatic carbocycles.